The molecule has 0 saturated carbocycles. The quantitative estimate of drug-likeness (QED) is 0.0911. The molecule has 3 aromatic carbocycles. The monoisotopic (exact) mass is 611 g/mol. The van der Waals surface area contributed by atoms with Crippen LogP contribution in [0.2, 0.25) is 0 Å². The molecular formula is C30H21N5O6S2. The maximum atomic E-state index is 12.9. The first-order valence-electron chi connectivity index (χ1n) is 13.2. The lowest BCUT2D eigenvalue weighted by Crippen LogP contribution is -2.32. The molecule has 2 aliphatic rings. The van der Waals surface area contributed by atoms with Crippen LogP contribution in [0.4, 0.5) is 11.4 Å². The van der Waals surface area contributed by atoms with Gasteiger partial charge < -0.3 is 10.1 Å². The second kappa shape index (κ2) is 11.8. The summed E-state index contributed by atoms with van der Waals surface area (Å²) in [4.78, 5) is 55.8. The summed E-state index contributed by atoms with van der Waals surface area (Å²) in [5.74, 6) is -1.37. The molecule has 214 valence electrons. The van der Waals surface area contributed by atoms with E-state index in [1.54, 1.807) is 54.6 Å². The minimum Gasteiger partial charge on any atom is -0.376 e. The number of aromatic nitrogens is 1. The summed E-state index contributed by atoms with van der Waals surface area (Å²) in [5, 5.41) is 24.1. The van der Waals surface area contributed by atoms with Crippen molar-refractivity contribution < 1.29 is 24.0 Å². The Morgan fingerprint density at radius 1 is 1.19 bits per heavy atom. The van der Waals surface area contributed by atoms with Gasteiger partial charge in [0.15, 0.2) is 4.34 Å². The largest absolute Gasteiger partial charge is 0.376 e. The van der Waals surface area contributed by atoms with E-state index in [0.29, 0.717) is 48.4 Å². The van der Waals surface area contributed by atoms with Crippen molar-refractivity contribution in [2.45, 2.75) is 28.2 Å². The van der Waals surface area contributed by atoms with Crippen LogP contribution in [0, 0.1) is 21.4 Å². The maximum Gasteiger partial charge on any atom is 0.283 e. The van der Waals surface area contributed by atoms with Crippen molar-refractivity contribution in [3.05, 3.63) is 93.0 Å². The van der Waals surface area contributed by atoms with Crippen molar-refractivity contribution in [1.82, 2.24) is 10.3 Å². The van der Waals surface area contributed by atoms with Gasteiger partial charge in [-0.2, -0.15) is 5.26 Å². The molecule has 2 aliphatic heterocycles. The Morgan fingerprint density at radius 2 is 1.95 bits per heavy atom. The Bertz CT molecular complexity index is 1850. The summed E-state index contributed by atoms with van der Waals surface area (Å²) < 4.78 is 6.70. The number of carbonyl (C=O) groups is 3. The SMILES string of the molecule is N#C/C(=C\c1ccc(Sc2nc3ccc(N4C(=O)c5ccccc5C4=O)cc3s2)c([N+](=O)[O-])c1)C(=O)NC[C@@H]1CCCO1. The van der Waals surface area contributed by atoms with Crippen LogP contribution in [0.5, 0.6) is 0 Å². The van der Waals surface area contributed by atoms with Gasteiger partial charge in [-0.25, -0.2) is 9.88 Å². The molecule has 6 rings (SSSR count). The Kier molecular flexibility index (Phi) is 7.73. The number of hydrogen-bond acceptors (Lipinski definition) is 10. The molecule has 3 amide bonds. The predicted molar refractivity (Wildman–Crippen MR) is 160 cm³/mol. The molecule has 3 heterocycles. The second-order valence-electron chi connectivity index (χ2n) is 9.72. The van der Waals surface area contributed by atoms with Gasteiger partial charge in [0.1, 0.15) is 11.6 Å². The summed E-state index contributed by atoms with van der Waals surface area (Å²) in [6.07, 6.45) is 2.98. The number of rotatable bonds is 8. The number of imide groups is 1. The van der Waals surface area contributed by atoms with Gasteiger partial charge in [0, 0.05) is 19.2 Å². The van der Waals surface area contributed by atoms with Gasteiger partial charge in [0.05, 0.1) is 43.0 Å². The number of nitrogens with zero attached hydrogens (tertiary/aromatic N) is 4. The number of thiazole rings is 1. The first-order valence-corrected chi connectivity index (χ1v) is 14.8. The van der Waals surface area contributed by atoms with Gasteiger partial charge in [-0.15, -0.1) is 11.3 Å². The van der Waals surface area contributed by atoms with Crippen molar-refractivity contribution in [2.24, 2.45) is 0 Å². The molecule has 1 aromatic heterocycles. The number of carbonyl (C=O) groups excluding carboxylic acids is 3. The van der Waals surface area contributed by atoms with Crippen molar-refractivity contribution >= 4 is 68.5 Å². The van der Waals surface area contributed by atoms with Crippen molar-refractivity contribution in [3.63, 3.8) is 0 Å². The number of nitro groups is 1. The normalized spacial score (nSPS) is 16.4. The molecule has 11 nitrogen and oxygen atoms in total. The summed E-state index contributed by atoms with van der Waals surface area (Å²) >= 11 is 2.37. The fraction of sp³-hybridized carbons (Fsp3) is 0.167. The lowest BCUT2D eigenvalue weighted by molar-refractivity contribution is -0.387. The lowest BCUT2D eigenvalue weighted by atomic mass is 10.1. The van der Waals surface area contributed by atoms with Gasteiger partial charge in [-0.1, -0.05) is 30.0 Å². The van der Waals surface area contributed by atoms with E-state index in [1.165, 1.54) is 23.5 Å². The lowest BCUT2D eigenvalue weighted by Gasteiger charge is -2.13. The molecule has 1 N–H and O–H groups in total. The molecule has 0 bridgehead atoms. The molecule has 0 spiro atoms. The number of hydrogen-bond donors (Lipinski definition) is 1. The zero-order valence-electron chi connectivity index (χ0n) is 22.3. The Hall–Kier alpha value is -4.90. The third kappa shape index (κ3) is 5.63. The predicted octanol–water partition coefficient (Wildman–Crippen LogP) is 5.36. The highest BCUT2D eigenvalue weighted by molar-refractivity contribution is 8.01. The standard InChI is InChI=1S/C30H21N5O6S2/c31-15-18(27(36)32-16-20-4-3-11-41-20)12-17-7-10-25(24(13-17)35(39)40)42-30-33-23-9-8-19(14-26(23)43-30)34-28(37)21-5-1-2-6-22(21)29(34)38/h1-2,5-10,12-14,20H,3-4,11,16H2,(H,32,36)/b18-12+/t20-/m0/s1. The van der Waals surface area contributed by atoms with Crippen molar-refractivity contribution in [1.29, 1.82) is 5.26 Å². The summed E-state index contributed by atoms with van der Waals surface area (Å²) in [5.41, 5.74) is 1.67. The second-order valence-corrected chi connectivity index (χ2v) is 12.0. The third-order valence-electron chi connectivity index (χ3n) is 6.97. The van der Waals surface area contributed by atoms with Crippen LogP contribution in [-0.2, 0) is 9.53 Å². The van der Waals surface area contributed by atoms with Crippen LogP contribution in [-0.4, -0.2) is 46.9 Å². The molecule has 1 atom stereocenters. The Balaban J connectivity index is 1.22. The minimum absolute atomic E-state index is 0.0854. The number of anilines is 1. The highest BCUT2D eigenvalue weighted by Gasteiger charge is 2.36. The zero-order valence-corrected chi connectivity index (χ0v) is 23.9. The third-order valence-corrected chi connectivity index (χ3v) is 9.12. The highest BCUT2D eigenvalue weighted by Crippen LogP contribution is 2.40. The van der Waals surface area contributed by atoms with Crippen LogP contribution in [0.25, 0.3) is 16.3 Å². The van der Waals surface area contributed by atoms with E-state index < -0.39 is 22.6 Å². The Morgan fingerprint density at radius 3 is 2.63 bits per heavy atom. The van der Waals surface area contributed by atoms with Crippen molar-refractivity contribution in [2.75, 3.05) is 18.1 Å². The van der Waals surface area contributed by atoms with E-state index in [9.17, 15) is 29.8 Å². The number of ether oxygens (including phenoxy) is 1. The highest BCUT2D eigenvalue weighted by atomic mass is 32.2. The number of nitro benzene ring substituents is 1. The average Bonchev–Trinajstić information content (AvgIpc) is 3.73. The number of amides is 3. The molecule has 1 fully saturated rings. The Labute approximate surface area is 252 Å². The van der Waals surface area contributed by atoms with Gasteiger partial charge in [0.25, 0.3) is 23.4 Å². The first-order chi connectivity index (χ1) is 20.8. The van der Waals surface area contributed by atoms with Crippen LogP contribution in [0.3, 0.4) is 0 Å². The summed E-state index contributed by atoms with van der Waals surface area (Å²) in [7, 11) is 0. The smallest absolute Gasteiger partial charge is 0.283 e. The molecule has 0 unspecified atom stereocenters. The van der Waals surface area contributed by atoms with Crippen LogP contribution < -0.4 is 10.2 Å². The minimum atomic E-state index is -0.575. The number of nitrogens with one attached hydrogen (secondary N) is 1. The number of nitriles is 1. The van der Waals surface area contributed by atoms with Crippen molar-refractivity contribution in [3.8, 4) is 6.07 Å². The van der Waals surface area contributed by atoms with Gasteiger partial charge >= 0.3 is 0 Å². The molecule has 4 aromatic rings. The average molecular weight is 612 g/mol. The summed E-state index contributed by atoms with van der Waals surface area (Å²) in [6.45, 7) is 0.930. The van der Waals surface area contributed by atoms with E-state index >= 15 is 0 Å². The zero-order chi connectivity index (χ0) is 30.1. The van der Waals surface area contributed by atoms with Gasteiger partial charge in [0.2, 0.25) is 0 Å². The maximum absolute atomic E-state index is 12.9. The fourth-order valence-corrected chi connectivity index (χ4v) is 7.01. The molecule has 43 heavy (non-hydrogen) atoms. The number of fused-ring (bicyclic) bond motifs is 2. The van der Waals surface area contributed by atoms with Crippen LogP contribution in [0.15, 0.2) is 75.5 Å². The molecule has 13 heteroatoms. The van der Waals surface area contributed by atoms with E-state index in [0.717, 1.165) is 29.5 Å². The first kappa shape index (κ1) is 28.2. The summed E-state index contributed by atoms with van der Waals surface area (Å²) in [6, 6.07) is 18.0. The van der Waals surface area contributed by atoms with Gasteiger partial charge in [-0.05, 0) is 60.9 Å². The molecular weight excluding hydrogens is 590 g/mol. The fourth-order valence-electron chi connectivity index (χ4n) is 4.87. The molecule has 0 aliphatic carbocycles. The molecule has 1 saturated heterocycles. The van der Waals surface area contributed by atoms with E-state index in [4.69, 9.17) is 4.74 Å². The molecule has 0 radical (unpaired) electrons. The van der Waals surface area contributed by atoms with E-state index in [2.05, 4.69) is 10.3 Å². The topological polar surface area (TPSA) is 156 Å². The van der Waals surface area contributed by atoms with Crippen LogP contribution in [0.1, 0.15) is 39.1 Å². The van der Waals surface area contributed by atoms with Crippen LogP contribution >= 0.6 is 23.1 Å². The number of benzene rings is 3. The van der Waals surface area contributed by atoms with E-state index in [-0.39, 0.29) is 23.9 Å². The van der Waals surface area contributed by atoms with Gasteiger partial charge in [-0.3, -0.25) is 24.5 Å². The van der Waals surface area contributed by atoms with E-state index in [1.807, 2.05) is 6.07 Å².